The number of carbonyl (C=O) groups excluding carboxylic acids is 2. The molecule has 0 atom stereocenters. The van der Waals surface area contributed by atoms with Crippen LogP contribution in [0.4, 0.5) is 5.69 Å². The lowest BCUT2D eigenvalue weighted by atomic mass is 10.2. The fourth-order valence-electron chi connectivity index (χ4n) is 1.56. The van der Waals surface area contributed by atoms with Crippen molar-refractivity contribution in [3.8, 4) is 5.75 Å². The molecule has 2 rings (SSSR count). The van der Waals surface area contributed by atoms with Crippen LogP contribution in [0.15, 0.2) is 16.8 Å². The highest BCUT2D eigenvalue weighted by atomic mass is 32.1. The second-order valence-corrected chi connectivity index (χ2v) is 5.71. The average molecular weight is 311 g/mol. The van der Waals surface area contributed by atoms with Crippen LogP contribution in [-0.4, -0.2) is 26.1 Å². The van der Waals surface area contributed by atoms with E-state index in [1.807, 2.05) is 6.92 Å². The molecular formula is C13H13NO4S2. The molecule has 0 aliphatic rings. The number of hydrogen-bond acceptors (Lipinski definition) is 6. The largest absolute Gasteiger partial charge is 0.496 e. The van der Waals surface area contributed by atoms with Gasteiger partial charge in [-0.25, -0.2) is 4.79 Å². The van der Waals surface area contributed by atoms with Crippen LogP contribution < -0.4 is 10.1 Å². The second-order valence-electron chi connectivity index (χ2n) is 3.92. The Morgan fingerprint density at radius 2 is 1.95 bits per heavy atom. The number of ether oxygens (including phenoxy) is 2. The van der Waals surface area contributed by atoms with E-state index in [4.69, 9.17) is 9.47 Å². The Bertz CT molecular complexity index is 645. The van der Waals surface area contributed by atoms with Crippen LogP contribution in [0.5, 0.6) is 5.75 Å². The van der Waals surface area contributed by atoms with Crippen molar-refractivity contribution in [2.75, 3.05) is 19.5 Å². The number of aryl methyl sites for hydroxylation is 1. The van der Waals surface area contributed by atoms with Crippen molar-refractivity contribution in [3.05, 3.63) is 32.1 Å². The SMILES string of the molecule is COC(=O)c1scc(C)c1NC(=O)c1cc(OC)cs1. The van der Waals surface area contributed by atoms with Gasteiger partial charge in [-0.05, 0) is 17.9 Å². The standard InChI is InChI=1S/C13H13NO4S2/c1-7-5-20-11(13(16)18-3)10(7)14-12(15)9-4-8(17-2)6-19-9/h4-6H,1-3H3,(H,14,15). The molecular weight excluding hydrogens is 298 g/mol. The zero-order chi connectivity index (χ0) is 14.7. The lowest BCUT2D eigenvalue weighted by Gasteiger charge is -2.05. The molecule has 0 spiro atoms. The molecule has 1 amide bonds. The molecule has 0 saturated carbocycles. The number of esters is 1. The Morgan fingerprint density at radius 3 is 2.55 bits per heavy atom. The van der Waals surface area contributed by atoms with E-state index in [0.717, 1.165) is 5.56 Å². The zero-order valence-electron chi connectivity index (χ0n) is 11.2. The summed E-state index contributed by atoms with van der Waals surface area (Å²) in [6, 6.07) is 1.65. The number of rotatable bonds is 4. The van der Waals surface area contributed by atoms with E-state index in [0.29, 0.717) is 21.2 Å². The highest BCUT2D eigenvalue weighted by Crippen LogP contribution is 2.30. The summed E-state index contributed by atoms with van der Waals surface area (Å²) in [4.78, 5) is 24.7. The van der Waals surface area contributed by atoms with Crippen LogP contribution >= 0.6 is 22.7 Å². The molecule has 0 saturated heterocycles. The van der Waals surface area contributed by atoms with Gasteiger partial charge in [0.2, 0.25) is 0 Å². The molecule has 5 nitrogen and oxygen atoms in total. The molecule has 0 bridgehead atoms. The number of nitrogens with one attached hydrogen (secondary N) is 1. The van der Waals surface area contributed by atoms with E-state index >= 15 is 0 Å². The van der Waals surface area contributed by atoms with Gasteiger partial charge in [0.05, 0.1) is 24.8 Å². The minimum Gasteiger partial charge on any atom is -0.496 e. The normalized spacial score (nSPS) is 10.2. The summed E-state index contributed by atoms with van der Waals surface area (Å²) < 4.78 is 9.74. The summed E-state index contributed by atoms with van der Waals surface area (Å²) in [6.45, 7) is 1.83. The minimum absolute atomic E-state index is 0.273. The smallest absolute Gasteiger partial charge is 0.350 e. The van der Waals surface area contributed by atoms with Crippen molar-refractivity contribution in [2.45, 2.75) is 6.92 Å². The Hall–Kier alpha value is -1.86. The monoisotopic (exact) mass is 311 g/mol. The number of anilines is 1. The van der Waals surface area contributed by atoms with Gasteiger partial charge in [0.25, 0.3) is 5.91 Å². The van der Waals surface area contributed by atoms with Crippen molar-refractivity contribution < 1.29 is 19.1 Å². The van der Waals surface area contributed by atoms with Crippen molar-refractivity contribution in [2.24, 2.45) is 0 Å². The fraction of sp³-hybridized carbons (Fsp3) is 0.231. The number of methoxy groups -OCH3 is 2. The topological polar surface area (TPSA) is 64.6 Å². The van der Waals surface area contributed by atoms with Gasteiger partial charge in [-0.3, -0.25) is 4.79 Å². The summed E-state index contributed by atoms with van der Waals surface area (Å²) in [6.07, 6.45) is 0. The first-order valence-corrected chi connectivity index (χ1v) is 7.43. The lowest BCUT2D eigenvalue weighted by molar-refractivity contribution is 0.0607. The van der Waals surface area contributed by atoms with Crippen LogP contribution in [0.2, 0.25) is 0 Å². The summed E-state index contributed by atoms with van der Waals surface area (Å²) >= 11 is 2.53. The maximum Gasteiger partial charge on any atom is 0.350 e. The first-order valence-electron chi connectivity index (χ1n) is 5.67. The molecule has 0 unspecified atom stereocenters. The Balaban J connectivity index is 2.23. The van der Waals surface area contributed by atoms with Crippen LogP contribution in [0.1, 0.15) is 24.9 Å². The van der Waals surface area contributed by atoms with Crippen molar-refractivity contribution >= 4 is 40.2 Å². The van der Waals surface area contributed by atoms with Gasteiger partial charge in [-0.15, -0.1) is 22.7 Å². The average Bonchev–Trinajstić information content (AvgIpc) is 3.06. The van der Waals surface area contributed by atoms with E-state index in [9.17, 15) is 9.59 Å². The van der Waals surface area contributed by atoms with Gasteiger partial charge in [0, 0.05) is 11.4 Å². The third-order valence-corrected chi connectivity index (χ3v) is 4.60. The highest BCUT2D eigenvalue weighted by Gasteiger charge is 2.20. The van der Waals surface area contributed by atoms with Crippen LogP contribution in [0.25, 0.3) is 0 Å². The summed E-state index contributed by atoms with van der Waals surface area (Å²) in [7, 11) is 2.86. The number of carbonyl (C=O) groups is 2. The molecule has 0 fully saturated rings. The summed E-state index contributed by atoms with van der Waals surface area (Å²) in [5.41, 5.74) is 1.33. The molecule has 0 aliphatic heterocycles. The van der Waals surface area contributed by atoms with Gasteiger partial charge in [-0.2, -0.15) is 0 Å². The third-order valence-electron chi connectivity index (χ3n) is 2.62. The van der Waals surface area contributed by atoms with E-state index < -0.39 is 5.97 Å². The number of hydrogen-bond donors (Lipinski definition) is 1. The molecule has 0 radical (unpaired) electrons. The second kappa shape index (κ2) is 6.06. The highest BCUT2D eigenvalue weighted by molar-refractivity contribution is 7.13. The van der Waals surface area contributed by atoms with E-state index in [1.54, 1.807) is 23.9 Å². The molecule has 106 valence electrons. The van der Waals surface area contributed by atoms with E-state index in [2.05, 4.69) is 5.32 Å². The molecule has 1 N–H and O–H groups in total. The minimum atomic E-state index is -0.456. The number of amides is 1. The van der Waals surface area contributed by atoms with Crippen LogP contribution in [0.3, 0.4) is 0 Å². The Morgan fingerprint density at radius 1 is 1.20 bits per heavy atom. The summed E-state index contributed by atoms with van der Waals surface area (Å²) in [5, 5.41) is 6.30. The lowest BCUT2D eigenvalue weighted by Crippen LogP contribution is -2.13. The summed E-state index contributed by atoms with van der Waals surface area (Å²) in [5.74, 6) is -0.0949. The molecule has 0 aromatic carbocycles. The van der Waals surface area contributed by atoms with Crippen molar-refractivity contribution in [1.29, 1.82) is 0 Å². The van der Waals surface area contributed by atoms with E-state index in [1.165, 1.54) is 29.8 Å². The van der Waals surface area contributed by atoms with E-state index in [-0.39, 0.29) is 5.91 Å². The van der Waals surface area contributed by atoms with Gasteiger partial charge in [-0.1, -0.05) is 0 Å². The van der Waals surface area contributed by atoms with Crippen molar-refractivity contribution in [1.82, 2.24) is 0 Å². The zero-order valence-corrected chi connectivity index (χ0v) is 12.8. The molecule has 20 heavy (non-hydrogen) atoms. The first kappa shape index (κ1) is 14.5. The molecule has 2 aromatic heterocycles. The number of thiophene rings is 2. The molecule has 2 aromatic rings. The van der Waals surface area contributed by atoms with Gasteiger partial charge < -0.3 is 14.8 Å². The fourth-order valence-corrected chi connectivity index (χ4v) is 3.23. The predicted octanol–water partition coefficient (Wildman–Crippen LogP) is 3.17. The molecule has 2 heterocycles. The van der Waals surface area contributed by atoms with Gasteiger partial charge in [0.15, 0.2) is 0 Å². The van der Waals surface area contributed by atoms with Gasteiger partial charge in [0.1, 0.15) is 10.6 Å². The maximum atomic E-state index is 12.2. The third kappa shape index (κ3) is 2.83. The Kier molecular flexibility index (Phi) is 4.41. The van der Waals surface area contributed by atoms with Crippen LogP contribution in [-0.2, 0) is 4.74 Å². The Labute approximate surface area is 124 Å². The first-order chi connectivity index (χ1) is 9.56. The predicted molar refractivity (Wildman–Crippen MR) is 79.2 cm³/mol. The molecule has 0 aliphatic carbocycles. The van der Waals surface area contributed by atoms with Crippen LogP contribution in [0, 0.1) is 6.92 Å². The molecule has 7 heteroatoms. The maximum absolute atomic E-state index is 12.2. The van der Waals surface area contributed by atoms with Crippen molar-refractivity contribution in [3.63, 3.8) is 0 Å². The quantitative estimate of drug-likeness (QED) is 0.881. The van der Waals surface area contributed by atoms with Gasteiger partial charge >= 0.3 is 5.97 Å².